The molecule has 2 heterocycles. The smallest absolute Gasteiger partial charge is 0.180 e. The first kappa shape index (κ1) is 14.6. The Morgan fingerprint density at radius 1 is 1.24 bits per heavy atom. The summed E-state index contributed by atoms with van der Waals surface area (Å²) in [7, 11) is 0. The van der Waals surface area contributed by atoms with E-state index < -0.39 is 0 Å². The summed E-state index contributed by atoms with van der Waals surface area (Å²) in [5.41, 5.74) is 8.15. The number of rotatable bonds is 3. The first-order chi connectivity index (χ1) is 10.2. The Kier molecular flexibility index (Phi) is 4.58. The minimum atomic E-state index is 0.705. The van der Waals surface area contributed by atoms with Crippen LogP contribution in [0.15, 0.2) is 30.3 Å². The molecule has 5 heteroatoms. The highest BCUT2D eigenvalue weighted by Gasteiger charge is 2.16. The van der Waals surface area contributed by atoms with Crippen molar-refractivity contribution in [2.24, 2.45) is 0 Å². The van der Waals surface area contributed by atoms with Crippen molar-refractivity contribution in [1.82, 2.24) is 9.88 Å². The fraction of sp³-hybridized carbons (Fsp3) is 0.312. The second-order valence-corrected chi connectivity index (χ2v) is 6.73. The minimum Gasteiger partial charge on any atom is -0.375 e. The predicted octanol–water partition coefficient (Wildman–Crippen LogP) is 3.49. The normalized spacial score (nSPS) is 16.0. The van der Waals surface area contributed by atoms with Crippen LogP contribution in [0.2, 0.25) is 5.02 Å². The summed E-state index contributed by atoms with van der Waals surface area (Å²) in [6.07, 6.45) is 6.41. The van der Waals surface area contributed by atoms with Gasteiger partial charge in [-0.3, -0.25) is 4.90 Å². The van der Waals surface area contributed by atoms with Crippen molar-refractivity contribution in [3.8, 4) is 0 Å². The maximum Gasteiger partial charge on any atom is 0.180 e. The van der Waals surface area contributed by atoms with Crippen LogP contribution in [0.5, 0.6) is 0 Å². The van der Waals surface area contributed by atoms with Crippen molar-refractivity contribution in [3.63, 3.8) is 0 Å². The number of hydrogen-bond acceptors (Lipinski definition) is 4. The molecule has 0 saturated heterocycles. The van der Waals surface area contributed by atoms with E-state index in [-0.39, 0.29) is 0 Å². The van der Waals surface area contributed by atoms with Crippen molar-refractivity contribution in [1.29, 1.82) is 0 Å². The molecule has 0 radical (unpaired) electrons. The topological polar surface area (TPSA) is 42.1 Å². The lowest BCUT2D eigenvalue weighted by Gasteiger charge is -2.17. The Balaban J connectivity index is 1.55. The number of nitrogens with zero attached hydrogens (tertiary/aromatic N) is 2. The van der Waals surface area contributed by atoms with Gasteiger partial charge < -0.3 is 5.73 Å². The van der Waals surface area contributed by atoms with Gasteiger partial charge >= 0.3 is 0 Å². The zero-order chi connectivity index (χ0) is 14.7. The molecule has 1 aliphatic rings. The van der Waals surface area contributed by atoms with E-state index >= 15 is 0 Å². The molecule has 1 aliphatic heterocycles. The molecule has 0 atom stereocenters. The predicted molar refractivity (Wildman–Crippen MR) is 90.9 cm³/mol. The van der Waals surface area contributed by atoms with Crippen molar-refractivity contribution < 1.29 is 0 Å². The van der Waals surface area contributed by atoms with E-state index in [1.807, 2.05) is 24.3 Å². The van der Waals surface area contributed by atoms with Gasteiger partial charge in [-0.15, -0.1) is 11.3 Å². The molecule has 1 aromatic carbocycles. The van der Waals surface area contributed by atoms with Crippen LogP contribution in [-0.4, -0.2) is 29.5 Å². The summed E-state index contributed by atoms with van der Waals surface area (Å²) in [6, 6.07) is 7.90. The van der Waals surface area contributed by atoms with Crippen LogP contribution >= 0.6 is 22.9 Å². The number of fused-ring (bicyclic) bond motifs is 1. The van der Waals surface area contributed by atoms with Gasteiger partial charge in [-0.1, -0.05) is 35.9 Å². The molecule has 110 valence electrons. The number of thiazole rings is 1. The van der Waals surface area contributed by atoms with Crippen molar-refractivity contribution in [3.05, 3.63) is 51.5 Å². The van der Waals surface area contributed by atoms with Crippen LogP contribution in [0.4, 0.5) is 5.13 Å². The van der Waals surface area contributed by atoms with Gasteiger partial charge in [0.25, 0.3) is 0 Å². The monoisotopic (exact) mass is 319 g/mol. The van der Waals surface area contributed by atoms with Crippen molar-refractivity contribution >= 4 is 34.1 Å². The fourth-order valence-corrected chi connectivity index (χ4v) is 3.52. The first-order valence-corrected chi connectivity index (χ1v) is 8.28. The summed E-state index contributed by atoms with van der Waals surface area (Å²) in [5.74, 6) is 0. The molecule has 1 aromatic heterocycles. The molecule has 0 aliphatic carbocycles. The zero-order valence-electron chi connectivity index (χ0n) is 11.8. The summed E-state index contributed by atoms with van der Waals surface area (Å²) >= 11 is 7.52. The van der Waals surface area contributed by atoms with E-state index in [2.05, 4.69) is 22.0 Å². The lowest BCUT2D eigenvalue weighted by Crippen LogP contribution is -2.26. The standard InChI is InChI=1S/C16H18ClN3S/c17-13-5-3-12(4-6-13)2-1-9-20-10-7-14-15(8-11-20)21-16(18)19-14/h1-6H,7-11H2,(H2,18,19). The number of benzene rings is 1. The average molecular weight is 320 g/mol. The summed E-state index contributed by atoms with van der Waals surface area (Å²) in [6.45, 7) is 3.08. The lowest BCUT2D eigenvalue weighted by molar-refractivity contribution is 0.318. The first-order valence-electron chi connectivity index (χ1n) is 7.09. The van der Waals surface area contributed by atoms with Gasteiger partial charge in [0, 0.05) is 36.0 Å². The maximum absolute atomic E-state index is 5.88. The Morgan fingerprint density at radius 2 is 2.00 bits per heavy atom. The number of nitrogens with two attached hydrogens (primary N) is 1. The Morgan fingerprint density at radius 3 is 2.81 bits per heavy atom. The van der Waals surface area contributed by atoms with Crippen LogP contribution in [-0.2, 0) is 12.8 Å². The number of aromatic nitrogens is 1. The molecule has 0 fully saturated rings. The molecule has 0 unspecified atom stereocenters. The number of anilines is 1. The largest absolute Gasteiger partial charge is 0.375 e. The average Bonchev–Trinajstić information content (AvgIpc) is 2.73. The van der Waals surface area contributed by atoms with Gasteiger partial charge in [0.2, 0.25) is 0 Å². The molecule has 2 aromatic rings. The Hall–Kier alpha value is -1.36. The highest BCUT2D eigenvalue weighted by atomic mass is 35.5. The Labute approximate surface area is 134 Å². The molecule has 21 heavy (non-hydrogen) atoms. The highest BCUT2D eigenvalue weighted by molar-refractivity contribution is 7.15. The molecule has 0 bridgehead atoms. The van der Waals surface area contributed by atoms with Gasteiger partial charge in [-0.05, 0) is 24.1 Å². The summed E-state index contributed by atoms with van der Waals surface area (Å²) < 4.78 is 0. The fourth-order valence-electron chi connectivity index (χ4n) is 2.52. The van der Waals surface area contributed by atoms with Gasteiger partial charge in [0.15, 0.2) is 5.13 Å². The molecule has 0 amide bonds. The maximum atomic E-state index is 5.88. The van der Waals surface area contributed by atoms with E-state index in [9.17, 15) is 0 Å². The third-order valence-electron chi connectivity index (χ3n) is 3.66. The van der Waals surface area contributed by atoms with Crippen molar-refractivity contribution in [2.45, 2.75) is 12.8 Å². The van der Waals surface area contributed by atoms with E-state index in [1.54, 1.807) is 11.3 Å². The minimum absolute atomic E-state index is 0.705. The molecule has 0 saturated carbocycles. The SMILES string of the molecule is Nc1nc2c(s1)CCN(CC=Cc1ccc(Cl)cc1)CC2. The third kappa shape index (κ3) is 3.84. The lowest BCUT2D eigenvalue weighted by atomic mass is 10.2. The summed E-state index contributed by atoms with van der Waals surface area (Å²) in [4.78, 5) is 8.23. The van der Waals surface area contributed by atoms with Crippen LogP contribution in [0.3, 0.4) is 0 Å². The molecule has 3 rings (SSSR count). The number of halogens is 1. The molecular formula is C16H18ClN3S. The van der Waals surface area contributed by atoms with E-state index in [0.717, 1.165) is 37.5 Å². The van der Waals surface area contributed by atoms with E-state index in [0.29, 0.717) is 5.13 Å². The van der Waals surface area contributed by atoms with Crippen LogP contribution in [0.1, 0.15) is 16.1 Å². The van der Waals surface area contributed by atoms with E-state index in [1.165, 1.54) is 16.1 Å². The van der Waals surface area contributed by atoms with Crippen LogP contribution in [0, 0.1) is 0 Å². The molecule has 3 nitrogen and oxygen atoms in total. The van der Waals surface area contributed by atoms with Crippen LogP contribution in [0.25, 0.3) is 6.08 Å². The van der Waals surface area contributed by atoms with Crippen molar-refractivity contribution in [2.75, 3.05) is 25.4 Å². The third-order valence-corrected chi connectivity index (χ3v) is 4.90. The quantitative estimate of drug-likeness (QED) is 0.941. The van der Waals surface area contributed by atoms with Gasteiger partial charge in [0.05, 0.1) is 5.69 Å². The van der Waals surface area contributed by atoms with Gasteiger partial charge in [-0.25, -0.2) is 4.98 Å². The number of nitrogen functional groups attached to an aromatic ring is 1. The highest BCUT2D eigenvalue weighted by Crippen LogP contribution is 2.24. The molecule has 0 spiro atoms. The molecule has 2 N–H and O–H groups in total. The summed E-state index contributed by atoms with van der Waals surface area (Å²) in [5, 5.41) is 1.48. The van der Waals surface area contributed by atoms with E-state index in [4.69, 9.17) is 17.3 Å². The Bertz CT molecular complexity index is 608. The van der Waals surface area contributed by atoms with Crippen LogP contribution < -0.4 is 5.73 Å². The second kappa shape index (κ2) is 6.60. The zero-order valence-corrected chi connectivity index (χ0v) is 13.3. The number of hydrogen-bond donors (Lipinski definition) is 1. The molecular weight excluding hydrogens is 302 g/mol. The second-order valence-electron chi connectivity index (χ2n) is 5.18. The van der Waals surface area contributed by atoms with Gasteiger partial charge in [-0.2, -0.15) is 0 Å². The van der Waals surface area contributed by atoms with Gasteiger partial charge in [0.1, 0.15) is 0 Å².